The summed E-state index contributed by atoms with van der Waals surface area (Å²) in [6.45, 7) is 1.30. The average molecular weight is 317 g/mol. The number of benzene rings is 1. The van der Waals surface area contributed by atoms with Crippen LogP contribution in [0.25, 0.3) is 0 Å². The van der Waals surface area contributed by atoms with Crippen molar-refractivity contribution >= 4 is 34.0 Å². The molecule has 1 aliphatic rings. The topological polar surface area (TPSA) is 81.4 Å². The predicted octanol–water partition coefficient (Wildman–Crippen LogP) is 1.33. The second-order valence-corrected chi connectivity index (χ2v) is 6.48. The Balaban J connectivity index is 1.91. The van der Waals surface area contributed by atoms with Gasteiger partial charge in [-0.05, 0) is 31.0 Å². The molecule has 1 aliphatic heterocycles. The van der Waals surface area contributed by atoms with Crippen molar-refractivity contribution in [3.8, 4) is 0 Å². The molecule has 3 N–H and O–H groups in total. The average Bonchev–Trinajstić information content (AvgIpc) is 2.39. The van der Waals surface area contributed by atoms with Crippen LogP contribution in [0.4, 0.5) is 5.69 Å². The molecule has 20 heavy (non-hydrogen) atoms. The van der Waals surface area contributed by atoms with Gasteiger partial charge in [0.05, 0.1) is 15.7 Å². The van der Waals surface area contributed by atoms with Crippen LogP contribution in [0.1, 0.15) is 12.8 Å². The molecule has 0 aromatic heterocycles. The number of rotatable bonds is 4. The monoisotopic (exact) mass is 316 g/mol. The fourth-order valence-electron chi connectivity index (χ4n) is 2.03. The van der Waals surface area contributed by atoms with E-state index < -0.39 is 10.8 Å². The van der Waals surface area contributed by atoms with E-state index in [4.69, 9.17) is 22.1 Å². The number of carbonyl (C=O) groups excluding carboxylic acids is 1. The molecular formula is C13H17ClN2O3S. The molecule has 1 heterocycles. The molecule has 2 rings (SSSR count). The second-order valence-electron chi connectivity index (χ2n) is 4.63. The molecule has 5 nitrogen and oxygen atoms in total. The lowest BCUT2D eigenvalue weighted by atomic mass is 10.1. The van der Waals surface area contributed by atoms with Crippen molar-refractivity contribution in [2.24, 2.45) is 0 Å². The zero-order chi connectivity index (χ0) is 14.5. The van der Waals surface area contributed by atoms with Crippen molar-refractivity contribution in [1.29, 1.82) is 0 Å². The number of amides is 1. The lowest BCUT2D eigenvalue weighted by Gasteiger charge is -2.23. The highest BCUT2D eigenvalue weighted by atomic mass is 35.5. The molecule has 1 saturated heterocycles. The molecule has 0 radical (unpaired) electrons. The number of nitrogens with one attached hydrogen (secondary N) is 1. The van der Waals surface area contributed by atoms with E-state index in [1.54, 1.807) is 12.1 Å². The first kappa shape index (κ1) is 15.3. The van der Waals surface area contributed by atoms with Crippen LogP contribution in [0, 0.1) is 0 Å². The predicted molar refractivity (Wildman–Crippen MR) is 79.1 cm³/mol. The Morgan fingerprint density at radius 3 is 2.80 bits per heavy atom. The van der Waals surface area contributed by atoms with Crippen LogP contribution >= 0.6 is 11.6 Å². The molecule has 0 bridgehead atoms. The van der Waals surface area contributed by atoms with Gasteiger partial charge in [0, 0.05) is 30.0 Å². The lowest BCUT2D eigenvalue weighted by molar-refractivity contribution is -0.119. The number of hydrogen-bond donors (Lipinski definition) is 2. The number of nitrogens with two attached hydrogens (primary N) is 1. The van der Waals surface area contributed by atoms with Gasteiger partial charge in [-0.2, -0.15) is 0 Å². The van der Waals surface area contributed by atoms with Crippen LogP contribution in [0.5, 0.6) is 0 Å². The molecule has 1 fully saturated rings. The number of hydrogen-bond acceptors (Lipinski definition) is 4. The van der Waals surface area contributed by atoms with Crippen molar-refractivity contribution in [3.05, 3.63) is 23.2 Å². The number of carbonyl (C=O) groups is 1. The number of ether oxygens (including phenoxy) is 1. The summed E-state index contributed by atoms with van der Waals surface area (Å²) in [7, 11) is -1.46. The van der Waals surface area contributed by atoms with Gasteiger partial charge in [-0.25, -0.2) is 0 Å². The third-order valence-corrected chi connectivity index (χ3v) is 4.69. The minimum atomic E-state index is -1.46. The third-order valence-electron chi connectivity index (χ3n) is 3.07. The molecule has 0 aliphatic carbocycles. The molecule has 1 aromatic carbocycles. The fourth-order valence-corrected chi connectivity index (χ4v) is 3.23. The van der Waals surface area contributed by atoms with Crippen molar-refractivity contribution in [2.45, 2.75) is 23.8 Å². The molecule has 1 unspecified atom stereocenters. The molecule has 0 spiro atoms. The Kier molecular flexibility index (Phi) is 5.39. The summed E-state index contributed by atoms with van der Waals surface area (Å²) in [6.07, 6.45) is 1.59. The third kappa shape index (κ3) is 4.19. The molecule has 0 saturated carbocycles. The Hall–Kier alpha value is -1.11. The Morgan fingerprint density at radius 1 is 1.45 bits per heavy atom. The molecular weight excluding hydrogens is 300 g/mol. The standard InChI is InChI=1S/C13H17ClN2O3S/c14-9-1-2-12(11(15)7-9)20(18)8-13(17)16-10-3-5-19-6-4-10/h1-2,7,10H,3-6,8,15H2,(H,16,17). The number of halogens is 1. The lowest BCUT2D eigenvalue weighted by Crippen LogP contribution is -2.40. The van der Waals surface area contributed by atoms with Gasteiger partial charge in [-0.15, -0.1) is 0 Å². The first-order chi connectivity index (χ1) is 9.56. The number of nitrogen functional groups attached to an aromatic ring is 1. The van der Waals surface area contributed by atoms with Crippen molar-refractivity contribution < 1.29 is 13.7 Å². The zero-order valence-electron chi connectivity index (χ0n) is 10.9. The first-order valence-corrected chi connectivity index (χ1v) is 8.06. The summed E-state index contributed by atoms with van der Waals surface area (Å²) >= 11 is 5.79. The quantitative estimate of drug-likeness (QED) is 0.821. The SMILES string of the molecule is Nc1cc(Cl)ccc1S(=O)CC(=O)NC1CCOCC1. The highest BCUT2D eigenvalue weighted by Crippen LogP contribution is 2.21. The van der Waals surface area contributed by atoms with Gasteiger partial charge in [-0.3, -0.25) is 9.00 Å². The van der Waals surface area contributed by atoms with E-state index in [0.717, 1.165) is 12.8 Å². The zero-order valence-corrected chi connectivity index (χ0v) is 12.5. The normalized spacial score (nSPS) is 17.6. The van der Waals surface area contributed by atoms with Gasteiger partial charge in [0.2, 0.25) is 5.91 Å². The summed E-state index contributed by atoms with van der Waals surface area (Å²) in [6, 6.07) is 4.85. The Morgan fingerprint density at radius 2 is 2.15 bits per heavy atom. The van der Waals surface area contributed by atoms with Crippen LogP contribution in [0.15, 0.2) is 23.1 Å². The maximum absolute atomic E-state index is 12.1. The molecule has 1 atom stereocenters. The maximum atomic E-state index is 12.1. The fraction of sp³-hybridized carbons (Fsp3) is 0.462. The highest BCUT2D eigenvalue weighted by Gasteiger charge is 2.18. The summed E-state index contributed by atoms with van der Waals surface area (Å²) in [5.41, 5.74) is 6.10. The van der Waals surface area contributed by atoms with Gasteiger partial charge in [-0.1, -0.05) is 11.6 Å². The van der Waals surface area contributed by atoms with Crippen LogP contribution < -0.4 is 11.1 Å². The molecule has 1 aromatic rings. The molecule has 1 amide bonds. The van der Waals surface area contributed by atoms with Gasteiger partial charge in [0.15, 0.2) is 0 Å². The largest absolute Gasteiger partial charge is 0.398 e. The van der Waals surface area contributed by atoms with Crippen molar-refractivity contribution in [3.63, 3.8) is 0 Å². The minimum Gasteiger partial charge on any atom is -0.398 e. The molecule has 7 heteroatoms. The Labute approximate surface area is 125 Å². The van der Waals surface area contributed by atoms with E-state index in [1.807, 2.05) is 0 Å². The van der Waals surface area contributed by atoms with E-state index in [9.17, 15) is 9.00 Å². The second kappa shape index (κ2) is 7.06. The summed E-state index contributed by atoms with van der Waals surface area (Å²) in [5, 5.41) is 3.35. The highest BCUT2D eigenvalue weighted by molar-refractivity contribution is 7.86. The summed E-state index contributed by atoms with van der Waals surface area (Å²) < 4.78 is 17.3. The van der Waals surface area contributed by atoms with Gasteiger partial charge >= 0.3 is 0 Å². The van der Waals surface area contributed by atoms with Gasteiger partial charge in [0.25, 0.3) is 0 Å². The molecule has 110 valence electrons. The van der Waals surface area contributed by atoms with Crippen molar-refractivity contribution in [2.75, 3.05) is 24.7 Å². The van der Waals surface area contributed by atoms with Crippen LogP contribution in [-0.2, 0) is 20.3 Å². The first-order valence-electron chi connectivity index (χ1n) is 6.37. The van der Waals surface area contributed by atoms with E-state index in [2.05, 4.69) is 5.32 Å². The van der Waals surface area contributed by atoms with E-state index in [-0.39, 0.29) is 17.7 Å². The maximum Gasteiger partial charge on any atom is 0.233 e. The van der Waals surface area contributed by atoms with E-state index >= 15 is 0 Å². The van der Waals surface area contributed by atoms with E-state index in [1.165, 1.54) is 6.07 Å². The van der Waals surface area contributed by atoms with Crippen LogP contribution in [0.2, 0.25) is 5.02 Å². The van der Waals surface area contributed by atoms with Crippen molar-refractivity contribution in [1.82, 2.24) is 5.32 Å². The number of anilines is 1. The minimum absolute atomic E-state index is 0.0941. The van der Waals surface area contributed by atoms with E-state index in [0.29, 0.717) is 28.8 Å². The van der Waals surface area contributed by atoms with Crippen LogP contribution in [0.3, 0.4) is 0 Å². The van der Waals surface area contributed by atoms with Gasteiger partial charge in [0.1, 0.15) is 5.75 Å². The smallest absolute Gasteiger partial charge is 0.233 e. The van der Waals surface area contributed by atoms with Gasteiger partial charge < -0.3 is 15.8 Å². The summed E-state index contributed by atoms with van der Waals surface area (Å²) in [5.74, 6) is -0.326. The summed E-state index contributed by atoms with van der Waals surface area (Å²) in [4.78, 5) is 12.3. The van der Waals surface area contributed by atoms with Crippen LogP contribution in [-0.4, -0.2) is 35.1 Å². The Bertz CT molecular complexity index is 518.